The first-order valence-electron chi connectivity index (χ1n) is 6.32. The molecule has 0 unspecified atom stereocenters. The Balaban J connectivity index is 2.20. The summed E-state index contributed by atoms with van der Waals surface area (Å²) in [6.07, 6.45) is -0.750. The van der Waals surface area contributed by atoms with Crippen molar-refractivity contribution in [1.82, 2.24) is 0 Å². The zero-order valence-electron chi connectivity index (χ0n) is 11.4. The van der Waals surface area contributed by atoms with Crippen LogP contribution < -0.4 is 4.74 Å². The molecule has 1 N–H and O–H groups in total. The lowest BCUT2D eigenvalue weighted by Gasteiger charge is -2.14. The van der Waals surface area contributed by atoms with Gasteiger partial charge in [0.1, 0.15) is 24.0 Å². The topological polar surface area (TPSA) is 29.5 Å². The van der Waals surface area contributed by atoms with Crippen LogP contribution in [0.5, 0.6) is 5.75 Å². The third kappa shape index (κ3) is 3.33. The number of aryl methyl sites for hydroxylation is 1. The van der Waals surface area contributed by atoms with Crippen LogP contribution in [0, 0.1) is 18.6 Å². The molecule has 106 valence electrons. The van der Waals surface area contributed by atoms with Gasteiger partial charge < -0.3 is 9.84 Å². The van der Waals surface area contributed by atoms with E-state index in [4.69, 9.17) is 4.74 Å². The van der Waals surface area contributed by atoms with Gasteiger partial charge in [0.25, 0.3) is 0 Å². The van der Waals surface area contributed by atoms with Crippen LogP contribution in [0.4, 0.5) is 8.78 Å². The zero-order valence-corrected chi connectivity index (χ0v) is 11.4. The molecule has 0 saturated carbocycles. The Morgan fingerprint density at radius 2 is 1.75 bits per heavy atom. The van der Waals surface area contributed by atoms with Crippen molar-refractivity contribution in [1.29, 1.82) is 0 Å². The first-order valence-corrected chi connectivity index (χ1v) is 6.32. The Morgan fingerprint density at radius 3 is 2.40 bits per heavy atom. The Morgan fingerprint density at radius 1 is 1.10 bits per heavy atom. The molecule has 4 heteroatoms. The molecule has 0 aliphatic rings. The van der Waals surface area contributed by atoms with E-state index in [1.807, 2.05) is 0 Å². The van der Waals surface area contributed by atoms with E-state index >= 15 is 0 Å². The predicted octanol–water partition coefficient (Wildman–Crippen LogP) is 3.91. The van der Waals surface area contributed by atoms with Crippen molar-refractivity contribution in [2.45, 2.75) is 26.6 Å². The predicted molar refractivity (Wildman–Crippen MR) is 72.5 cm³/mol. The molecule has 2 nitrogen and oxygen atoms in total. The average molecular weight is 278 g/mol. The number of hydrogen-bond donors (Lipinski definition) is 1. The summed E-state index contributed by atoms with van der Waals surface area (Å²) in [6.45, 7) is 3.56. The highest BCUT2D eigenvalue weighted by molar-refractivity contribution is 5.36. The Labute approximate surface area is 116 Å². The summed E-state index contributed by atoms with van der Waals surface area (Å²) in [7, 11) is 0. The van der Waals surface area contributed by atoms with E-state index in [1.54, 1.807) is 19.9 Å². The fourth-order valence-electron chi connectivity index (χ4n) is 1.96. The van der Waals surface area contributed by atoms with Gasteiger partial charge in [-0.2, -0.15) is 0 Å². The van der Waals surface area contributed by atoms with E-state index in [2.05, 4.69) is 0 Å². The van der Waals surface area contributed by atoms with E-state index in [9.17, 15) is 13.9 Å². The monoisotopic (exact) mass is 278 g/mol. The van der Waals surface area contributed by atoms with Gasteiger partial charge in [-0.1, -0.05) is 6.07 Å². The molecule has 2 aromatic rings. The number of aliphatic hydroxyl groups excluding tert-OH is 1. The number of aliphatic hydroxyl groups is 1. The molecule has 2 aromatic carbocycles. The normalized spacial score (nSPS) is 12.2. The molecule has 0 heterocycles. The highest BCUT2D eigenvalue weighted by Gasteiger charge is 2.11. The maximum absolute atomic E-state index is 13.3. The molecular weight excluding hydrogens is 262 g/mol. The molecule has 0 fully saturated rings. The minimum absolute atomic E-state index is 0.190. The average Bonchev–Trinajstić information content (AvgIpc) is 2.37. The maximum atomic E-state index is 13.3. The van der Waals surface area contributed by atoms with Gasteiger partial charge in [-0.15, -0.1) is 0 Å². The molecule has 0 aliphatic carbocycles. The Kier molecular flexibility index (Phi) is 4.35. The molecule has 0 spiro atoms. The summed E-state index contributed by atoms with van der Waals surface area (Å²) >= 11 is 0. The summed E-state index contributed by atoms with van der Waals surface area (Å²) in [5.74, 6) is -0.439. The van der Waals surface area contributed by atoms with E-state index in [0.29, 0.717) is 11.3 Å². The highest BCUT2D eigenvalue weighted by atomic mass is 19.1. The van der Waals surface area contributed by atoms with Crippen molar-refractivity contribution in [3.63, 3.8) is 0 Å². The summed E-state index contributed by atoms with van der Waals surface area (Å²) in [5.41, 5.74) is 2.10. The molecule has 0 aromatic heterocycles. The first kappa shape index (κ1) is 14.5. The molecule has 20 heavy (non-hydrogen) atoms. The number of halogens is 2. The summed E-state index contributed by atoms with van der Waals surface area (Å²) in [4.78, 5) is 0. The Hall–Kier alpha value is -1.94. The van der Waals surface area contributed by atoms with Crippen molar-refractivity contribution in [3.8, 4) is 5.75 Å². The zero-order chi connectivity index (χ0) is 14.7. The molecular formula is C16H16F2O2. The fraction of sp³-hybridized carbons (Fsp3) is 0.250. The number of ether oxygens (including phenoxy) is 1. The van der Waals surface area contributed by atoms with Crippen LogP contribution in [0.25, 0.3) is 0 Å². The van der Waals surface area contributed by atoms with Gasteiger partial charge in [-0.05, 0) is 49.2 Å². The lowest BCUT2D eigenvalue weighted by atomic mass is 10.1. The van der Waals surface area contributed by atoms with Gasteiger partial charge in [0.2, 0.25) is 0 Å². The maximum Gasteiger partial charge on any atom is 0.128 e. The minimum atomic E-state index is -0.750. The molecule has 2 rings (SSSR count). The standard InChI is InChI=1S/C16H16F2O2/c1-10-7-13(17)4-3-12(10)9-20-16-8-14(18)5-6-15(16)11(2)19/h3-8,11,19H,9H2,1-2H3/t11-/m0/s1. The molecule has 0 bridgehead atoms. The van der Waals surface area contributed by atoms with Crippen molar-refractivity contribution in [3.05, 3.63) is 64.7 Å². The van der Waals surface area contributed by atoms with Crippen molar-refractivity contribution >= 4 is 0 Å². The summed E-state index contributed by atoms with van der Waals surface area (Å²) < 4.78 is 31.8. The van der Waals surface area contributed by atoms with Crippen LogP contribution in [0.1, 0.15) is 29.7 Å². The Bertz CT molecular complexity index is 609. The molecule has 1 atom stereocenters. The van der Waals surface area contributed by atoms with E-state index in [0.717, 1.165) is 11.1 Å². The summed E-state index contributed by atoms with van der Waals surface area (Å²) in [6, 6.07) is 8.41. The SMILES string of the molecule is Cc1cc(F)ccc1COc1cc(F)ccc1[C@H](C)O. The first-order chi connectivity index (χ1) is 9.47. The molecule has 0 saturated heterocycles. The van der Waals surface area contributed by atoms with Gasteiger partial charge in [0.15, 0.2) is 0 Å². The second-order valence-electron chi connectivity index (χ2n) is 4.72. The van der Waals surface area contributed by atoms with Gasteiger partial charge >= 0.3 is 0 Å². The smallest absolute Gasteiger partial charge is 0.128 e. The number of hydrogen-bond acceptors (Lipinski definition) is 2. The quantitative estimate of drug-likeness (QED) is 0.919. The van der Waals surface area contributed by atoms with Crippen molar-refractivity contribution in [2.24, 2.45) is 0 Å². The largest absolute Gasteiger partial charge is 0.488 e. The third-order valence-electron chi connectivity index (χ3n) is 3.11. The lowest BCUT2D eigenvalue weighted by molar-refractivity contribution is 0.189. The van der Waals surface area contributed by atoms with Crippen LogP contribution in [0.15, 0.2) is 36.4 Å². The summed E-state index contributed by atoms with van der Waals surface area (Å²) in [5, 5.41) is 9.63. The van der Waals surface area contributed by atoms with Gasteiger partial charge in [0, 0.05) is 11.6 Å². The van der Waals surface area contributed by atoms with Crippen molar-refractivity contribution < 1.29 is 18.6 Å². The number of benzene rings is 2. The lowest BCUT2D eigenvalue weighted by Crippen LogP contribution is -2.03. The molecule has 0 aliphatic heterocycles. The minimum Gasteiger partial charge on any atom is -0.488 e. The van der Waals surface area contributed by atoms with Crippen LogP contribution in [0.2, 0.25) is 0 Å². The van der Waals surface area contributed by atoms with Crippen LogP contribution in [-0.2, 0) is 6.61 Å². The second kappa shape index (κ2) is 6.01. The van der Waals surface area contributed by atoms with Gasteiger partial charge in [-0.25, -0.2) is 8.78 Å². The second-order valence-corrected chi connectivity index (χ2v) is 4.72. The van der Waals surface area contributed by atoms with E-state index in [-0.39, 0.29) is 12.4 Å². The van der Waals surface area contributed by atoms with E-state index in [1.165, 1.54) is 30.3 Å². The fourth-order valence-corrected chi connectivity index (χ4v) is 1.96. The van der Waals surface area contributed by atoms with Crippen LogP contribution in [-0.4, -0.2) is 5.11 Å². The van der Waals surface area contributed by atoms with Crippen LogP contribution >= 0.6 is 0 Å². The number of rotatable bonds is 4. The van der Waals surface area contributed by atoms with Gasteiger partial charge in [0.05, 0.1) is 6.10 Å². The van der Waals surface area contributed by atoms with Crippen molar-refractivity contribution in [2.75, 3.05) is 0 Å². The third-order valence-corrected chi connectivity index (χ3v) is 3.11. The molecule has 0 radical (unpaired) electrons. The van der Waals surface area contributed by atoms with Crippen LogP contribution in [0.3, 0.4) is 0 Å². The van der Waals surface area contributed by atoms with Gasteiger partial charge in [-0.3, -0.25) is 0 Å². The molecule has 0 amide bonds. The van der Waals surface area contributed by atoms with E-state index < -0.39 is 11.9 Å². The highest BCUT2D eigenvalue weighted by Crippen LogP contribution is 2.27.